The van der Waals surface area contributed by atoms with Crippen molar-refractivity contribution in [2.75, 3.05) is 31.6 Å². The molecule has 1 atom stereocenters. The van der Waals surface area contributed by atoms with Crippen molar-refractivity contribution in [3.05, 3.63) is 48.5 Å². The largest absolute Gasteiger partial charge is 0.373 e. The van der Waals surface area contributed by atoms with Crippen molar-refractivity contribution in [2.24, 2.45) is 0 Å². The van der Waals surface area contributed by atoms with Gasteiger partial charge in [0.25, 0.3) is 0 Å². The number of likely N-dealkylation sites (tertiary alicyclic amines) is 1. The van der Waals surface area contributed by atoms with Crippen LogP contribution >= 0.6 is 0 Å². The summed E-state index contributed by atoms with van der Waals surface area (Å²) in [6.45, 7) is 2.38. The van der Waals surface area contributed by atoms with E-state index in [9.17, 15) is 9.18 Å². The first-order chi connectivity index (χ1) is 13.0. The van der Waals surface area contributed by atoms with Crippen LogP contribution in [0.3, 0.4) is 0 Å². The standard InChI is InChI=1S/C20H25FN4O2/c1-23(17-5-3-16(21)4-6-17)18-13-20(27-15-18)7-11-24(12-8-20)19(26)14-25-10-2-9-22-25/h2-6,9-10,18H,7-8,11-15H2,1H3/t18-/m1/s1. The van der Waals surface area contributed by atoms with Crippen molar-refractivity contribution >= 4 is 11.6 Å². The number of amides is 1. The van der Waals surface area contributed by atoms with Gasteiger partial charge in [0.2, 0.25) is 5.91 Å². The monoisotopic (exact) mass is 372 g/mol. The summed E-state index contributed by atoms with van der Waals surface area (Å²) in [5.74, 6) is -0.120. The Bertz CT molecular complexity index is 770. The maximum atomic E-state index is 13.2. The van der Waals surface area contributed by atoms with Crippen LogP contribution in [0.15, 0.2) is 42.7 Å². The number of piperidine rings is 1. The van der Waals surface area contributed by atoms with Gasteiger partial charge in [0, 0.05) is 38.2 Å². The van der Waals surface area contributed by atoms with E-state index in [1.54, 1.807) is 29.2 Å². The molecule has 1 aromatic carbocycles. The lowest BCUT2D eigenvalue weighted by atomic mass is 9.87. The average molecular weight is 372 g/mol. The minimum Gasteiger partial charge on any atom is -0.373 e. The third-order valence-electron chi connectivity index (χ3n) is 5.85. The van der Waals surface area contributed by atoms with Gasteiger partial charge in [-0.15, -0.1) is 0 Å². The minimum absolute atomic E-state index is 0.103. The first kappa shape index (κ1) is 18.0. The van der Waals surface area contributed by atoms with E-state index in [1.807, 2.05) is 18.0 Å². The van der Waals surface area contributed by atoms with Crippen molar-refractivity contribution in [1.82, 2.24) is 14.7 Å². The normalized spacial score (nSPS) is 21.6. The zero-order valence-corrected chi connectivity index (χ0v) is 15.6. The van der Waals surface area contributed by atoms with Crippen molar-refractivity contribution in [1.29, 1.82) is 0 Å². The highest BCUT2D eigenvalue weighted by molar-refractivity contribution is 5.76. The number of aromatic nitrogens is 2. The number of nitrogens with zero attached hydrogens (tertiary/aromatic N) is 4. The lowest BCUT2D eigenvalue weighted by Crippen LogP contribution is -2.47. The fourth-order valence-electron chi connectivity index (χ4n) is 4.10. The molecule has 2 fully saturated rings. The van der Waals surface area contributed by atoms with Crippen LogP contribution in [0.5, 0.6) is 0 Å². The maximum absolute atomic E-state index is 13.2. The third-order valence-corrected chi connectivity index (χ3v) is 5.85. The Hall–Kier alpha value is -2.41. The van der Waals surface area contributed by atoms with Gasteiger partial charge in [-0.3, -0.25) is 9.48 Å². The van der Waals surface area contributed by atoms with Crippen LogP contribution in [0.4, 0.5) is 10.1 Å². The van der Waals surface area contributed by atoms with Crippen molar-refractivity contribution in [2.45, 2.75) is 37.5 Å². The number of carbonyl (C=O) groups excluding carboxylic acids is 1. The van der Waals surface area contributed by atoms with Crippen LogP contribution in [0.2, 0.25) is 0 Å². The molecule has 144 valence electrons. The number of hydrogen-bond acceptors (Lipinski definition) is 4. The molecule has 2 aliphatic rings. The lowest BCUT2D eigenvalue weighted by molar-refractivity contribution is -0.136. The molecule has 2 aromatic rings. The van der Waals surface area contributed by atoms with E-state index in [1.165, 1.54) is 12.1 Å². The quantitative estimate of drug-likeness (QED) is 0.827. The number of halogens is 1. The fourth-order valence-corrected chi connectivity index (χ4v) is 4.10. The lowest BCUT2D eigenvalue weighted by Gasteiger charge is -2.39. The highest BCUT2D eigenvalue weighted by atomic mass is 19.1. The molecule has 2 aliphatic heterocycles. The molecule has 1 aromatic heterocycles. The van der Waals surface area contributed by atoms with Gasteiger partial charge in [-0.25, -0.2) is 4.39 Å². The molecule has 27 heavy (non-hydrogen) atoms. The van der Waals surface area contributed by atoms with Gasteiger partial charge in [-0.1, -0.05) is 0 Å². The van der Waals surface area contributed by atoms with Crippen LogP contribution in [-0.2, 0) is 16.1 Å². The summed E-state index contributed by atoms with van der Waals surface area (Å²) in [6.07, 6.45) is 6.13. The smallest absolute Gasteiger partial charge is 0.244 e. The summed E-state index contributed by atoms with van der Waals surface area (Å²) in [4.78, 5) is 16.5. The number of benzene rings is 1. The highest BCUT2D eigenvalue weighted by Crippen LogP contribution is 2.38. The summed E-state index contributed by atoms with van der Waals surface area (Å²) >= 11 is 0. The maximum Gasteiger partial charge on any atom is 0.244 e. The number of anilines is 1. The number of carbonyl (C=O) groups is 1. The summed E-state index contributed by atoms with van der Waals surface area (Å²) in [7, 11) is 2.03. The van der Waals surface area contributed by atoms with Crippen molar-refractivity contribution < 1.29 is 13.9 Å². The molecular formula is C20H25FN4O2. The molecule has 3 heterocycles. The predicted molar refractivity (Wildman–Crippen MR) is 99.9 cm³/mol. The molecular weight excluding hydrogens is 347 g/mol. The number of rotatable bonds is 4. The van der Waals surface area contributed by atoms with E-state index in [0.29, 0.717) is 19.7 Å². The number of ether oxygens (including phenoxy) is 1. The summed E-state index contributed by atoms with van der Waals surface area (Å²) in [6, 6.07) is 8.67. The van der Waals surface area contributed by atoms with Crippen LogP contribution in [0, 0.1) is 5.82 Å². The Kier molecular flexibility index (Phi) is 4.86. The topological polar surface area (TPSA) is 50.6 Å². The average Bonchev–Trinajstić information content (AvgIpc) is 3.33. The first-order valence-corrected chi connectivity index (χ1v) is 9.42. The SMILES string of the molecule is CN(c1ccc(F)cc1)[C@H]1COC2(CCN(C(=O)Cn3cccn3)CC2)C1. The molecule has 4 rings (SSSR count). The fraction of sp³-hybridized carbons (Fsp3) is 0.500. The minimum atomic E-state index is -0.224. The molecule has 1 amide bonds. The molecule has 0 N–H and O–H groups in total. The predicted octanol–water partition coefficient (Wildman–Crippen LogP) is 2.31. The highest BCUT2D eigenvalue weighted by Gasteiger charge is 2.44. The second-order valence-corrected chi connectivity index (χ2v) is 7.52. The van der Waals surface area contributed by atoms with Crippen molar-refractivity contribution in [3.8, 4) is 0 Å². The number of hydrogen-bond donors (Lipinski definition) is 0. The van der Waals surface area contributed by atoms with E-state index in [0.717, 1.165) is 24.9 Å². The van der Waals surface area contributed by atoms with Gasteiger partial charge in [0.15, 0.2) is 0 Å². The van der Waals surface area contributed by atoms with Gasteiger partial charge >= 0.3 is 0 Å². The van der Waals surface area contributed by atoms with Gasteiger partial charge < -0.3 is 14.5 Å². The summed E-state index contributed by atoms with van der Waals surface area (Å²) in [5, 5.41) is 4.10. The molecule has 0 saturated carbocycles. The zero-order chi connectivity index (χ0) is 18.9. The second kappa shape index (κ2) is 7.31. The van der Waals surface area contributed by atoms with Gasteiger partial charge in [0.1, 0.15) is 12.4 Å². The Balaban J connectivity index is 1.32. The zero-order valence-electron chi connectivity index (χ0n) is 15.6. The Labute approximate surface area is 158 Å². The third kappa shape index (κ3) is 3.83. The molecule has 7 heteroatoms. The van der Waals surface area contributed by atoms with Gasteiger partial charge in [0.05, 0.1) is 18.2 Å². The molecule has 0 radical (unpaired) electrons. The first-order valence-electron chi connectivity index (χ1n) is 9.42. The van der Waals surface area contributed by atoms with Crippen LogP contribution in [-0.4, -0.2) is 59.0 Å². The molecule has 0 unspecified atom stereocenters. The van der Waals surface area contributed by atoms with Gasteiger partial charge in [-0.2, -0.15) is 5.10 Å². The van der Waals surface area contributed by atoms with Gasteiger partial charge in [-0.05, 0) is 49.6 Å². The Morgan fingerprint density at radius 1 is 1.33 bits per heavy atom. The second-order valence-electron chi connectivity index (χ2n) is 7.52. The van der Waals surface area contributed by atoms with E-state index in [-0.39, 0.29) is 29.9 Å². The summed E-state index contributed by atoms with van der Waals surface area (Å²) in [5.41, 5.74) is 0.843. The van der Waals surface area contributed by atoms with E-state index < -0.39 is 0 Å². The van der Waals surface area contributed by atoms with E-state index >= 15 is 0 Å². The van der Waals surface area contributed by atoms with Crippen molar-refractivity contribution in [3.63, 3.8) is 0 Å². The molecule has 1 spiro atoms. The Morgan fingerprint density at radius 3 is 2.74 bits per heavy atom. The molecule has 0 aliphatic carbocycles. The van der Waals surface area contributed by atoms with Crippen LogP contribution in [0.1, 0.15) is 19.3 Å². The van der Waals surface area contributed by atoms with E-state index in [2.05, 4.69) is 10.00 Å². The van der Waals surface area contributed by atoms with Crippen LogP contribution in [0.25, 0.3) is 0 Å². The van der Waals surface area contributed by atoms with Crippen LogP contribution < -0.4 is 4.90 Å². The number of likely N-dealkylation sites (N-methyl/N-ethyl adjacent to an activating group) is 1. The summed E-state index contributed by atoms with van der Waals surface area (Å²) < 4.78 is 21.0. The van der Waals surface area contributed by atoms with E-state index in [4.69, 9.17) is 4.74 Å². The Morgan fingerprint density at radius 2 is 2.07 bits per heavy atom. The molecule has 0 bridgehead atoms. The molecule has 6 nitrogen and oxygen atoms in total. The molecule has 2 saturated heterocycles.